The third-order valence-corrected chi connectivity index (χ3v) is 2.67. The number of carbonyl (C=O) groups excluding carboxylic acids is 1. The summed E-state index contributed by atoms with van der Waals surface area (Å²) in [6.07, 6.45) is 2.28. The minimum absolute atomic E-state index is 0.108. The molecule has 0 spiro atoms. The molecule has 3 N–H and O–H groups in total. The lowest BCUT2D eigenvalue weighted by Gasteiger charge is -2.03. The normalized spacial score (nSPS) is 23.5. The molecule has 2 unspecified atom stereocenters. The number of hydrogen-bond donors (Lipinski definition) is 2. The molecular formula is C12H16N2O. The maximum absolute atomic E-state index is 11.4. The molecule has 0 aromatic heterocycles. The molecule has 15 heavy (non-hydrogen) atoms. The number of benzene rings is 1. The number of aryl methyl sites for hydroxylation is 1. The van der Waals surface area contributed by atoms with E-state index in [1.165, 1.54) is 5.56 Å². The molecule has 1 aromatic rings. The summed E-state index contributed by atoms with van der Waals surface area (Å²) in [7, 11) is 0. The summed E-state index contributed by atoms with van der Waals surface area (Å²) >= 11 is 0. The summed E-state index contributed by atoms with van der Waals surface area (Å²) in [5.41, 5.74) is 6.81. The van der Waals surface area contributed by atoms with Gasteiger partial charge in [0.25, 0.3) is 0 Å². The van der Waals surface area contributed by atoms with Crippen molar-refractivity contribution in [1.82, 2.24) is 5.32 Å². The van der Waals surface area contributed by atoms with Gasteiger partial charge >= 0.3 is 0 Å². The molecule has 1 aliphatic rings. The van der Waals surface area contributed by atoms with Gasteiger partial charge in [-0.05, 0) is 18.4 Å². The second-order valence-corrected chi connectivity index (χ2v) is 4.06. The lowest BCUT2D eigenvalue weighted by Crippen LogP contribution is -2.29. The van der Waals surface area contributed by atoms with Crippen molar-refractivity contribution in [3.63, 3.8) is 0 Å². The third kappa shape index (κ3) is 3.06. The van der Waals surface area contributed by atoms with Crippen molar-refractivity contribution in [3.05, 3.63) is 35.9 Å². The van der Waals surface area contributed by atoms with E-state index >= 15 is 0 Å². The van der Waals surface area contributed by atoms with Gasteiger partial charge in [0, 0.05) is 18.5 Å². The number of amides is 1. The predicted molar refractivity (Wildman–Crippen MR) is 59.3 cm³/mol. The zero-order valence-electron chi connectivity index (χ0n) is 8.65. The highest BCUT2D eigenvalue weighted by Gasteiger charge is 2.34. The van der Waals surface area contributed by atoms with Crippen LogP contribution in [0, 0.1) is 0 Å². The molecule has 1 saturated carbocycles. The van der Waals surface area contributed by atoms with Crippen molar-refractivity contribution >= 4 is 5.91 Å². The van der Waals surface area contributed by atoms with E-state index in [0.717, 1.165) is 12.8 Å². The van der Waals surface area contributed by atoms with E-state index in [4.69, 9.17) is 5.73 Å². The standard InChI is InChI=1S/C12H16N2O/c13-10-8-11(10)14-12(15)7-6-9-4-2-1-3-5-9/h1-5,10-11H,6-8,13H2,(H,14,15). The fourth-order valence-electron chi connectivity index (χ4n) is 1.56. The van der Waals surface area contributed by atoms with Crippen molar-refractivity contribution in [2.75, 3.05) is 0 Å². The van der Waals surface area contributed by atoms with Gasteiger partial charge in [-0.2, -0.15) is 0 Å². The summed E-state index contributed by atoms with van der Waals surface area (Å²) in [5.74, 6) is 0.108. The lowest BCUT2D eigenvalue weighted by molar-refractivity contribution is -0.121. The fourth-order valence-corrected chi connectivity index (χ4v) is 1.56. The number of nitrogens with two attached hydrogens (primary N) is 1. The van der Waals surface area contributed by atoms with E-state index in [-0.39, 0.29) is 18.0 Å². The summed E-state index contributed by atoms with van der Waals surface area (Å²) in [5, 5.41) is 2.91. The van der Waals surface area contributed by atoms with Gasteiger partial charge in [-0.15, -0.1) is 0 Å². The Balaban J connectivity index is 1.71. The molecule has 0 heterocycles. The van der Waals surface area contributed by atoms with Crippen molar-refractivity contribution in [2.24, 2.45) is 5.73 Å². The zero-order valence-corrected chi connectivity index (χ0v) is 8.65. The topological polar surface area (TPSA) is 55.1 Å². The van der Waals surface area contributed by atoms with Crippen LogP contribution < -0.4 is 11.1 Å². The van der Waals surface area contributed by atoms with Crippen LogP contribution >= 0.6 is 0 Å². The molecule has 1 amide bonds. The molecule has 0 saturated heterocycles. The van der Waals surface area contributed by atoms with Crippen LogP contribution in [0.4, 0.5) is 0 Å². The first-order valence-corrected chi connectivity index (χ1v) is 5.34. The molecule has 1 fully saturated rings. The van der Waals surface area contributed by atoms with Crippen LogP contribution in [0.1, 0.15) is 18.4 Å². The Morgan fingerprint density at radius 2 is 2.07 bits per heavy atom. The van der Waals surface area contributed by atoms with Crippen LogP contribution in [0.15, 0.2) is 30.3 Å². The predicted octanol–water partition coefficient (Wildman–Crippen LogP) is 0.835. The quantitative estimate of drug-likeness (QED) is 0.763. The highest BCUT2D eigenvalue weighted by molar-refractivity contribution is 5.77. The second kappa shape index (κ2) is 4.45. The number of nitrogens with one attached hydrogen (secondary N) is 1. The maximum atomic E-state index is 11.4. The molecule has 80 valence electrons. The van der Waals surface area contributed by atoms with E-state index < -0.39 is 0 Å². The summed E-state index contributed by atoms with van der Waals surface area (Å²) < 4.78 is 0. The van der Waals surface area contributed by atoms with E-state index in [1.807, 2.05) is 30.3 Å². The molecule has 0 aliphatic heterocycles. The molecule has 0 radical (unpaired) electrons. The summed E-state index contributed by atoms with van der Waals surface area (Å²) in [6.45, 7) is 0. The monoisotopic (exact) mass is 204 g/mol. The Hall–Kier alpha value is -1.35. The largest absolute Gasteiger partial charge is 0.352 e. The summed E-state index contributed by atoms with van der Waals surface area (Å²) in [4.78, 5) is 11.4. The van der Waals surface area contributed by atoms with Gasteiger partial charge in [-0.3, -0.25) is 4.79 Å². The minimum Gasteiger partial charge on any atom is -0.352 e. The van der Waals surface area contributed by atoms with Gasteiger partial charge in [0.1, 0.15) is 0 Å². The minimum atomic E-state index is 0.108. The molecule has 2 atom stereocenters. The van der Waals surface area contributed by atoms with Gasteiger partial charge in [0.15, 0.2) is 0 Å². The van der Waals surface area contributed by atoms with E-state index in [1.54, 1.807) is 0 Å². The number of hydrogen-bond acceptors (Lipinski definition) is 2. The number of rotatable bonds is 4. The molecular weight excluding hydrogens is 188 g/mol. The summed E-state index contributed by atoms with van der Waals surface area (Å²) in [6, 6.07) is 10.5. The average molecular weight is 204 g/mol. The van der Waals surface area contributed by atoms with Gasteiger partial charge < -0.3 is 11.1 Å². The van der Waals surface area contributed by atoms with Crippen LogP contribution in [0.2, 0.25) is 0 Å². The van der Waals surface area contributed by atoms with Crippen LogP contribution in [-0.4, -0.2) is 18.0 Å². The Kier molecular flexibility index (Phi) is 3.02. The highest BCUT2D eigenvalue weighted by Crippen LogP contribution is 2.17. The Morgan fingerprint density at radius 3 is 2.67 bits per heavy atom. The van der Waals surface area contributed by atoms with Crippen molar-refractivity contribution in [3.8, 4) is 0 Å². The molecule has 0 bridgehead atoms. The Bertz CT molecular complexity index is 337. The van der Waals surface area contributed by atoms with Crippen molar-refractivity contribution in [1.29, 1.82) is 0 Å². The van der Waals surface area contributed by atoms with Crippen LogP contribution in [0.25, 0.3) is 0 Å². The van der Waals surface area contributed by atoms with Crippen molar-refractivity contribution in [2.45, 2.75) is 31.3 Å². The Labute approximate surface area is 89.7 Å². The SMILES string of the molecule is NC1CC1NC(=O)CCc1ccccc1. The third-order valence-electron chi connectivity index (χ3n) is 2.67. The molecule has 2 rings (SSSR count). The second-order valence-electron chi connectivity index (χ2n) is 4.06. The van der Waals surface area contributed by atoms with Gasteiger partial charge in [-0.1, -0.05) is 30.3 Å². The van der Waals surface area contributed by atoms with Crippen LogP contribution in [-0.2, 0) is 11.2 Å². The van der Waals surface area contributed by atoms with Gasteiger partial charge in [0.2, 0.25) is 5.91 Å². The van der Waals surface area contributed by atoms with Crippen molar-refractivity contribution < 1.29 is 4.79 Å². The Morgan fingerprint density at radius 1 is 1.40 bits per heavy atom. The van der Waals surface area contributed by atoms with Gasteiger partial charge in [-0.25, -0.2) is 0 Å². The first kappa shape index (κ1) is 10.2. The van der Waals surface area contributed by atoms with Crippen LogP contribution in [0.3, 0.4) is 0 Å². The molecule has 3 nitrogen and oxygen atoms in total. The number of carbonyl (C=O) groups is 1. The van der Waals surface area contributed by atoms with Crippen LogP contribution in [0.5, 0.6) is 0 Å². The maximum Gasteiger partial charge on any atom is 0.220 e. The first-order chi connectivity index (χ1) is 7.25. The zero-order chi connectivity index (χ0) is 10.7. The fraction of sp³-hybridized carbons (Fsp3) is 0.417. The van der Waals surface area contributed by atoms with Gasteiger partial charge in [0.05, 0.1) is 0 Å². The van der Waals surface area contributed by atoms with E-state index in [2.05, 4.69) is 5.32 Å². The lowest BCUT2D eigenvalue weighted by atomic mass is 10.1. The average Bonchev–Trinajstić information content (AvgIpc) is 2.93. The molecule has 3 heteroatoms. The highest BCUT2D eigenvalue weighted by atomic mass is 16.1. The van der Waals surface area contributed by atoms with E-state index in [9.17, 15) is 4.79 Å². The van der Waals surface area contributed by atoms with E-state index in [0.29, 0.717) is 6.42 Å². The first-order valence-electron chi connectivity index (χ1n) is 5.34. The molecule has 1 aromatic carbocycles. The molecule has 1 aliphatic carbocycles. The smallest absolute Gasteiger partial charge is 0.220 e.